The first-order valence-corrected chi connectivity index (χ1v) is 6.48. The number of ether oxygens (including phenoxy) is 1. The zero-order valence-electron chi connectivity index (χ0n) is 10.2. The molecule has 0 radical (unpaired) electrons. The highest BCUT2D eigenvalue weighted by Crippen LogP contribution is 2.31. The van der Waals surface area contributed by atoms with Crippen molar-refractivity contribution in [1.29, 1.82) is 0 Å². The summed E-state index contributed by atoms with van der Waals surface area (Å²) in [5, 5.41) is 1.81. The SMILES string of the molecule is ClCc1occ2cncc(OCc3ccccc3)c12. The van der Waals surface area contributed by atoms with Crippen molar-refractivity contribution in [2.45, 2.75) is 12.5 Å². The van der Waals surface area contributed by atoms with E-state index in [9.17, 15) is 0 Å². The molecule has 96 valence electrons. The molecule has 0 amide bonds. The number of pyridine rings is 1. The van der Waals surface area contributed by atoms with Crippen molar-refractivity contribution in [3.63, 3.8) is 0 Å². The number of hydrogen-bond acceptors (Lipinski definition) is 3. The van der Waals surface area contributed by atoms with Crippen LogP contribution in [0, 0.1) is 0 Å². The minimum absolute atomic E-state index is 0.315. The van der Waals surface area contributed by atoms with Gasteiger partial charge in [-0.05, 0) is 5.56 Å². The molecule has 19 heavy (non-hydrogen) atoms. The van der Waals surface area contributed by atoms with Crippen LogP contribution in [0.15, 0.2) is 53.4 Å². The van der Waals surface area contributed by atoms with Crippen LogP contribution < -0.4 is 4.74 Å². The van der Waals surface area contributed by atoms with E-state index in [0.29, 0.717) is 24.0 Å². The molecule has 2 heterocycles. The minimum Gasteiger partial charge on any atom is -0.487 e. The average molecular weight is 274 g/mol. The zero-order valence-corrected chi connectivity index (χ0v) is 10.9. The lowest BCUT2D eigenvalue weighted by atomic mass is 10.2. The Bertz CT molecular complexity index is 679. The Kier molecular flexibility index (Phi) is 3.38. The maximum absolute atomic E-state index is 5.87. The third kappa shape index (κ3) is 2.42. The molecule has 0 aliphatic rings. The molecule has 0 aliphatic carbocycles. The fourth-order valence-corrected chi connectivity index (χ4v) is 2.18. The van der Waals surface area contributed by atoms with Gasteiger partial charge in [-0.25, -0.2) is 0 Å². The molecule has 0 N–H and O–H groups in total. The van der Waals surface area contributed by atoms with E-state index >= 15 is 0 Å². The molecule has 3 rings (SSSR count). The van der Waals surface area contributed by atoms with Crippen LogP contribution in [0.1, 0.15) is 11.3 Å². The third-order valence-electron chi connectivity index (χ3n) is 2.91. The molecule has 0 saturated heterocycles. The van der Waals surface area contributed by atoms with Crippen LogP contribution in [0.25, 0.3) is 10.8 Å². The van der Waals surface area contributed by atoms with Gasteiger partial charge in [-0.2, -0.15) is 0 Å². The summed E-state index contributed by atoms with van der Waals surface area (Å²) in [5.41, 5.74) is 1.11. The summed E-state index contributed by atoms with van der Waals surface area (Å²) in [7, 11) is 0. The normalized spacial score (nSPS) is 10.8. The second-order valence-electron chi connectivity index (χ2n) is 4.17. The zero-order chi connectivity index (χ0) is 13.1. The predicted molar refractivity (Wildman–Crippen MR) is 74.3 cm³/mol. The summed E-state index contributed by atoms with van der Waals surface area (Å²) in [5.74, 6) is 1.72. The minimum atomic E-state index is 0.315. The number of hydrogen-bond donors (Lipinski definition) is 0. The van der Waals surface area contributed by atoms with Crippen LogP contribution in [0.3, 0.4) is 0 Å². The highest BCUT2D eigenvalue weighted by Gasteiger charge is 2.11. The number of furan rings is 1. The predicted octanol–water partition coefficient (Wildman–Crippen LogP) is 4.15. The standard InChI is InChI=1S/C15H12ClNO2/c16-6-13-15-12(10-19-13)7-17-8-14(15)18-9-11-4-2-1-3-5-11/h1-5,7-8,10H,6,9H2. The lowest BCUT2D eigenvalue weighted by Gasteiger charge is -2.07. The van der Waals surface area contributed by atoms with E-state index in [-0.39, 0.29) is 0 Å². The summed E-state index contributed by atoms with van der Waals surface area (Å²) in [4.78, 5) is 4.14. The quantitative estimate of drug-likeness (QED) is 0.670. The molecular formula is C15H12ClNO2. The summed E-state index contributed by atoms with van der Waals surface area (Å²) >= 11 is 5.87. The van der Waals surface area contributed by atoms with Crippen molar-refractivity contribution in [3.8, 4) is 5.75 Å². The second kappa shape index (κ2) is 5.33. The Morgan fingerprint density at radius 1 is 1.16 bits per heavy atom. The Hall–Kier alpha value is -2.00. The van der Waals surface area contributed by atoms with Crippen molar-refractivity contribution < 1.29 is 9.15 Å². The van der Waals surface area contributed by atoms with E-state index in [4.69, 9.17) is 20.8 Å². The van der Waals surface area contributed by atoms with Crippen molar-refractivity contribution in [2.24, 2.45) is 0 Å². The van der Waals surface area contributed by atoms with Gasteiger partial charge in [0.05, 0.1) is 17.5 Å². The molecular weight excluding hydrogens is 262 g/mol. The Morgan fingerprint density at radius 3 is 2.79 bits per heavy atom. The number of rotatable bonds is 4. The van der Waals surface area contributed by atoms with Gasteiger partial charge in [-0.3, -0.25) is 4.98 Å². The van der Waals surface area contributed by atoms with Crippen LogP contribution in [-0.2, 0) is 12.5 Å². The van der Waals surface area contributed by atoms with Gasteiger partial charge in [0, 0.05) is 11.6 Å². The number of fused-ring (bicyclic) bond motifs is 1. The number of halogens is 1. The molecule has 0 saturated carbocycles. The van der Waals surface area contributed by atoms with Gasteiger partial charge >= 0.3 is 0 Å². The molecule has 4 heteroatoms. The fourth-order valence-electron chi connectivity index (χ4n) is 1.98. The summed E-state index contributed by atoms with van der Waals surface area (Å²) in [6, 6.07) is 9.99. The molecule has 0 unspecified atom stereocenters. The fraction of sp³-hybridized carbons (Fsp3) is 0.133. The molecule has 0 fully saturated rings. The van der Waals surface area contributed by atoms with E-state index in [1.807, 2.05) is 30.3 Å². The first kappa shape index (κ1) is 12.1. The van der Waals surface area contributed by atoms with Gasteiger partial charge in [0.2, 0.25) is 0 Å². The van der Waals surface area contributed by atoms with E-state index < -0.39 is 0 Å². The van der Waals surface area contributed by atoms with Crippen LogP contribution in [0.4, 0.5) is 0 Å². The smallest absolute Gasteiger partial charge is 0.149 e. The summed E-state index contributed by atoms with van der Waals surface area (Å²) in [6.07, 6.45) is 5.08. The molecule has 0 aliphatic heterocycles. The molecule has 3 nitrogen and oxygen atoms in total. The molecule has 0 bridgehead atoms. The summed E-state index contributed by atoms with van der Waals surface area (Å²) < 4.78 is 11.2. The van der Waals surface area contributed by atoms with Crippen molar-refractivity contribution in [2.75, 3.05) is 0 Å². The number of alkyl halides is 1. The number of benzene rings is 1. The van der Waals surface area contributed by atoms with Gasteiger partial charge in [0.25, 0.3) is 0 Å². The Morgan fingerprint density at radius 2 is 2.00 bits per heavy atom. The average Bonchev–Trinajstić information content (AvgIpc) is 2.90. The first-order valence-electron chi connectivity index (χ1n) is 5.95. The number of aromatic nitrogens is 1. The molecule has 0 atom stereocenters. The topological polar surface area (TPSA) is 35.3 Å². The van der Waals surface area contributed by atoms with Gasteiger partial charge in [0.1, 0.15) is 24.4 Å². The van der Waals surface area contributed by atoms with E-state index in [1.54, 1.807) is 18.7 Å². The Labute approximate surface area is 115 Å². The summed E-state index contributed by atoms with van der Waals surface area (Å²) in [6.45, 7) is 0.495. The van der Waals surface area contributed by atoms with Gasteiger partial charge < -0.3 is 9.15 Å². The maximum Gasteiger partial charge on any atom is 0.149 e. The van der Waals surface area contributed by atoms with E-state index in [1.165, 1.54) is 0 Å². The molecule has 2 aromatic heterocycles. The van der Waals surface area contributed by atoms with Crippen LogP contribution in [0.2, 0.25) is 0 Å². The highest BCUT2D eigenvalue weighted by molar-refractivity contribution is 6.17. The van der Waals surface area contributed by atoms with Gasteiger partial charge in [-0.1, -0.05) is 30.3 Å². The largest absolute Gasteiger partial charge is 0.487 e. The maximum atomic E-state index is 5.87. The first-order chi connectivity index (χ1) is 9.38. The van der Waals surface area contributed by atoms with Crippen LogP contribution in [0.5, 0.6) is 5.75 Å². The van der Waals surface area contributed by atoms with Crippen molar-refractivity contribution >= 4 is 22.4 Å². The van der Waals surface area contributed by atoms with Gasteiger partial charge in [-0.15, -0.1) is 11.6 Å². The van der Waals surface area contributed by atoms with E-state index in [0.717, 1.165) is 16.3 Å². The lowest BCUT2D eigenvalue weighted by molar-refractivity contribution is 0.308. The molecule has 1 aromatic carbocycles. The lowest BCUT2D eigenvalue weighted by Crippen LogP contribution is -1.96. The van der Waals surface area contributed by atoms with Crippen molar-refractivity contribution in [3.05, 3.63) is 60.3 Å². The number of nitrogens with zero attached hydrogens (tertiary/aromatic N) is 1. The molecule has 3 aromatic rings. The third-order valence-corrected chi connectivity index (χ3v) is 3.15. The Balaban J connectivity index is 1.90. The second-order valence-corrected chi connectivity index (χ2v) is 4.44. The monoisotopic (exact) mass is 273 g/mol. The van der Waals surface area contributed by atoms with Crippen molar-refractivity contribution in [1.82, 2.24) is 4.98 Å². The highest BCUT2D eigenvalue weighted by atomic mass is 35.5. The van der Waals surface area contributed by atoms with E-state index in [2.05, 4.69) is 4.98 Å². The molecule has 0 spiro atoms. The van der Waals surface area contributed by atoms with Gasteiger partial charge in [0.15, 0.2) is 0 Å². The van der Waals surface area contributed by atoms with Crippen LogP contribution in [-0.4, -0.2) is 4.98 Å². The van der Waals surface area contributed by atoms with Crippen LogP contribution >= 0.6 is 11.6 Å².